The summed E-state index contributed by atoms with van der Waals surface area (Å²) >= 11 is 0. The molecule has 0 aromatic carbocycles. The lowest BCUT2D eigenvalue weighted by molar-refractivity contribution is 0.0242. The summed E-state index contributed by atoms with van der Waals surface area (Å²) in [6, 6.07) is 3.05. The Labute approximate surface area is 91.9 Å². The molecule has 2 atom stereocenters. The molecule has 7 heteroatoms. The zero-order valence-electron chi connectivity index (χ0n) is 8.69. The first-order chi connectivity index (χ1) is 7.69. The summed E-state index contributed by atoms with van der Waals surface area (Å²) in [5, 5.41) is 22.4. The molecule has 1 aromatic heterocycles. The number of hydrogen-bond acceptors (Lipinski definition) is 5. The highest BCUT2D eigenvalue weighted by Crippen LogP contribution is 2.19. The summed E-state index contributed by atoms with van der Waals surface area (Å²) in [5.41, 5.74) is 8.54. The molecular formula is C9H12N4O3. The van der Waals surface area contributed by atoms with Gasteiger partial charge in [0.2, 0.25) is 5.88 Å². The maximum Gasteiger partial charge on any atom is 0.213 e. The fourth-order valence-corrected chi connectivity index (χ4v) is 1.16. The Morgan fingerprint density at radius 2 is 2.38 bits per heavy atom. The molecule has 7 nitrogen and oxygen atoms in total. The number of hydrogen-bond donors (Lipinski definition) is 2. The van der Waals surface area contributed by atoms with Gasteiger partial charge >= 0.3 is 0 Å². The van der Waals surface area contributed by atoms with Gasteiger partial charge in [-0.2, -0.15) is 0 Å². The van der Waals surface area contributed by atoms with E-state index in [1.165, 1.54) is 19.4 Å². The summed E-state index contributed by atoms with van der Waals surface area (Å²) in [6.07, 6.45) is -0.831. The van der Waals surface area contributed by atoms with E-state index in [2.05, 4.69) is 15.0 Å². The van der Waals surface area contributed by atoms with Crippen molar-refractivity contribution < 1.29 is 14.9 Å². The van der Waals surface area contributed by atoms with E-state index in [1.807, 2.05) is 0 Å². The Bertz CT molecular complexity index is 392. The molecule has 2 N–H and O–H groups in total. The van der Waals surface area contributed by atoms with E-state index in [0.717, 1.165) is 0 Å². The number of pyridine rings is 1. The standard InChI is InChI=1S/C9H12N4O3/c1-16-8-4-6(2-3-11-8)9(15)7(14)5-12-13-10/h2-4,7,9,14-15H,5H2,1H3. The van der Waals surface area contributed by atoms with Crippen LogP contribution in [0.3, 0.4) is 0 Å². The maximum absolute atomic E-state index is 9.72. The van der Waals surface area contributed by atoms with Gasteiger partial charge in [-0.1, -0.05) is 5.11 Å². The predicted octanol–water partition coefficient (Wildman–Crippen LogP) is 0.795. The van der Waals surface area contributed by atoms with Gasteiger partial charge in [0.05, 0.1) is 19.8 Å². The number of nitrogens with zero attached hydrogens (tertiary/aromatic N) is 4. The van der Waals surface area contributed by atoms with Gasteiger partial charge in [-0.25, -0.2) is 4.98 Å². The Balaban J connectivity index is 2.78. The van der Waals surface area contributed by atoms with Gasteiger partial charge in [-0.15, -0.1) is 0 Å². The van der Waals surface area contributed by atoms with Gasteiger partial charge in [-0.3, -0.25) is 0 Å². The van der Waals surface area contributed by atoms with E-state index in [0.29, 0.717) is 11.4 Å². The highest BCUT2D eigenvalue weighted by atomic mass is 16.5. The third-order valence-corrected chi connectivity index (χ3v) is 2.01. The number of aromatic nitrogens is 1. The van der Waals surface area contributed by atoms with E-state index in [1.54, 1.807) is 6.07 Å². The van der Waals surface area contributed by atoms with Gasteiger partial charge in [-0.05, 0) is 17.2 Å². The zero-order chi connectivity index (χ0) is 12.0. The largest absolute Gasteiger partial charge is 0.481 e. The fourth-order valence-electron chi connectivity index (χ4n) is 1.16. The van der Waals surface area contributed by atoms with E-state index >= 15 is 0 Å². The summed E-state index contributed by atoms with van der Waals surface area (Å²) in [6.45, 7) is -0.192. The van der Waals surface area contributed by atoms with Gasteiger partial charge in [0.15, 0.2) is 0 Å². The van der Waals surface area contributed by atoms with E-state index in [9.17, 15) is 10.2 Å². The average Bonchev–Trinajstić information content (AvgIpc) is 2.35. The first-order valence-corrected chi connectivity index (χ1v) is 4.56. The van der Waals surface area contributed by atoms with Crippen LogP contribution < -0.4 is 4.74 Å². The zero-order valence-corrected chi connectivity index (χ0v) is 8.69. The highest BCUT2D eigenvalue weighted by Gasteiger charge is 2.18. The minimum absolute atomic E-state index is 0.192. The lowest BCUT2D eigenvalue weighted by Gasteiger charge is -2.16. The number of rotatable bonds is 5. The topological polar surface area (TPSA) is 111 Å². The van der Waals surface area contributed by atoms with Crippen molar-refractivity contribution in [3.8, 4) is 5.88 Å². The van der Waals surface area contributed by atoms with Crippen molar-refractivity contribution in [1.82, 2.24) is 4.98 Å². The van der Waals surface area contributed by atoms with Crippen molar-refractivity contribution in [3.63, 3.8) is 0 Å². The van der Waals surface area contributed by atoms with Crippen LogP contribution in [0.2, 0.25) is 0 Å². The molecule has 0 amide bonds. The minimum atomic E-state index is -1.15. The molecule has 86 valence electrons. The molecule has 1 rings (SSSR count). The van der Waals surface area contributed by atoms with Crippen LogP contribution >= 0.6 is 0 Å². The molecule has 0 bridgehead atoms. The second-order valence-electron chi connectivity index (χ2n) is 3.06. The Kier molecular flexibility index (Phi) is 4.53. The van der Waals surface area contributed by atoms with Crippen molar-refractivity contribution in [3.05, 3.63) is 34.3 Å². The van der Waals surface area contributed by atoms with Gasteiger partial charge in [0, 0.05) is 17.2 Å². The second-order valence-corrected chi connectivity index (χ2v) is 3.06. The molecule has 0 spiro atoms. The van der Waals surface area contributed by atoms with Crippen molar-refractivity contribution in [2.24, 2.45) is 5.11 Å². The van der Waals surface area contributed by atoms with Gasteiger partial charge < -0.3 is 14.9 Å². The van der Waals surface area contributed by atoms with E-state index in [4.69, 9.17) is 10.3 Å². The van der Waals surface area contributed by atoms with Gasteiger partial charge in [0.25, 0.3) is 0 Å². The van der Waals surface area contributed by atoms with Crippen LogP contribution in [-0.4, -0.2) is 35.0 Å². The number of methoxy groups -OCH3 is 1. The van der Waals surface area contributed by atoms with Gasteiger partial charge in [0.1, 0.15) is 6.10 Å². The predicted molar refractivity (Wildman–Crippen MR) is 55.8 cm³/mol. The molecule has 0 saturated carbocycles. The van der Waals surface area contributed by atoms with Crippen molar-refractivity contribution in [2.75, 3.05) is 13.7 Å². The van der Waals surface area contributed by atoms with Crippen molar-refractivity contribution >= 4 is 0 Å². The fraction of sp³-hybridized carbons (Fsp3) is 0.444. The Hall–Kier alpha value is -1.82. The number of aliphatic hydroxyl groups is 2. The lowest BCUT2D eigenvalue weighted by atomic mass is 10.1. The number of ether oxygens (including phenoxy) is 1. The summed E-state index contributed by atoms with van der Waals surface area (Å²) in [7, 11) is 1.45. The molecule has 0 radical (unpaired) electrons. The third-order valence-electron chi connectivity index (χ3n) is 2.01. The number of azide groups is 1. The molecular weight excluding hydrogens is 212 g/mol. The summed E-state index contributed by atoms with van der Waals surface area (Å²) in [5.74, 6) is 0.340. The molecule has 0 aliphatic heterocycles. The molecule has 2 unspecified atom stereocenters. The maximum atomic E-state index is 9.72. The average molecular weight is 224 g/mol. The Morgan fingerprint density at radius 1 is 1.62 bits per heavy atom. The molecule has 1 aromatic rings. The quantitative estimate of drug-likeness (QED) is 0.437. The van der Waals surface area contributed by atoms with Crippen molar-refractivity contribution in [2.45, 2.75) is 12.2 Å². The van der Waals surface area contributed by atoms with Crippen molar-refractivity contribution in [1.29, 1.82) is 0 Å². The van der Waals surface area contributed by atoms with E-state index < -0.39 is 12.2 Å². The van der Waals surface area contributed by atoms with Crippen LogP contribution in [0, 0.1) is 0 Å². The van der Waals surface area contributed by atoms with Crippen LogP contribution in [0.1, 0.15) is 11.7 Å². The molecule has 1 heterocycles. The van der Waals surface area contributed by atoms with E-state index in [-0.39, 0.29) is 6.54 Å². The highest BCUT2D eigenvalue weighted by molar-refractivity contribution is 5.23. The molecule has 16 heavy (non-hydrogen) atoms. The third kappa shape index (κ3) is 3.09. The van der Waals surface area contributed by atoms with Crippen LogP contribution in [0.5, 0.6) is 5.88 Å². The SMILES string of the molecule is COc1cc(C(O)C(O)CN=[N+]=[N-])ccn1. The summed E-state index contributed by atoms with van der Waals surface area (Å²) < 4.78 is 4.88. The molecule has 0 aliphatic rings. The monoisotopic (exact) mass is 224 g/mol. The Morgan fingerprint density at radius 3 is 3.00 bits per heavy atom. The molecule has 0 fully saturated rings. The summed E-state index contributed by atoms with van der Waals surface area (Å²) in [4.78, 5) is 6.37. The number of aliphatic hydroxyl groups excluding tert-OH is 2. The molecule has 0 saturated heterocycles. The minimum Gasteiger partial charge on any atom is -0.481 e. The van der Waals surface area contributed by atoms with Crippen LogP contribution in [0.15, 0.2) is 23.4 Å². The smallest absolute Gasteiger partial charge is 0.213 e. The first-order valence-electron chi connectivity index (χ1n) is 4.56. The van der Waals surface area contributed by atoms with Crippen LogP contribution in [-0.2, 0) is 0 Å². The van der Waals surface area contributed by atoms with Crippen LogP contribution in [0.4, 0.5) is 0 Å². The second kappa shape index (κ2) is 5.92. The normalized spacial score (nSPS) is 13.7. The molecule has 0 aliphatic carbocycles. The van der Waals surface area contributed by atoms with Crippen LogP contribution in [0.25, 0.3) is 10.4 Å². The first kappa shape index (κ1) is 12.3. The lowest BCUT2D eigenvalue weighted by Crippen LogP contribution is -2.21.